The minimum absolute atomic E-state index is 0.0202. The molecule has 0 aromatic heterocycles. The molecule has 3 aromatic carbocycles. The molecular weight excluding hydrogens is 356 g/mol. The molecule has 0 fully saturated rings. The Labute approximate surface area is 162 Å². The van der Waals surface area contributed by atoms with Gasteiger partial charge >= 0.3 is 0 Å². The summed E-state index contributed by atoms with van der Waals surface area (Å²) in [5.41, 5.74) is 3.97. The quantitative estimate of drug-likeness (QED) is 0.675. The van der Waals surface area contributed by atoms with Crippen molar-refractivity contribution in [3.05, 3.63) is 78.4 Å². The van der Waals surface area contributed by atoms with Crippen LogP contribution in [0.25, 0.3) is 11.1 Å². The highest BCUT2D eigenvalue weighted by Crippen LogP contribution is 2.32. The monoisotopic (exact) mass is 374 g/mol. The number of anilines is 2. The van der Waals surface area contributed by atoms with Crippen molar-refractivity contribution < 1.29 is 9.59 Å². The third-order valence-corrected chi connectivity index (χ3v) is 5.44. The van der Waals surface area contributed by atoms with Gasteiger partial charge in [-0.1, -0.05) is 48.5 Å². The molecule has 0 atom stereocenters. The van der Waals surface area contributed by atoms with Crippen LogP contribution in [0.2, 0.25) is 0 Å². The van der Waals surface area contributed by atoms with E-state index in [2.05, 4.69) is 10.6 Å². The minimum Gasteiger partial charge on any atom is -0.325 e. The molecular formula is C22H18N2O2S. The Balaban J connectivity index is 1.62. The van der Waals surface area contributed by atoms with Gasteiger partial charge in [0.2, 0.25) is 5.91 Å². The first-order chi connectivity index (χ1) is 13.2. The number of hydrogen-bond acceptors (Lipinski definition) is 3. The molecule has 0 radical (unpaired) electrons. The summed E-state index contributed by atoms with van der Waals surface area (Å²) in [6, 6.07) is 23.1. The molecule has 0 aliphatic carbocycles. The number of para-hydroxylation sites is 1. The topological polar surface area (TPSA) is 58.2 Å². The summed E-state index contributed by atoms with van der Waals surface area (Å²) < 4.78 is 0. The lowest BCUT2D eigenvalue weighted by Gasteiger charge is -2.13. The SMILES string of the molecule is O=C1CCSc2ccc(C(=O)Nc3ccccc3-c3ccccc3)cc2N1. The molecule has 2 amide bonds. The molecule has 0 unspecified atom stereocenters. The number of benzene rings is 3. The van der Waals surface area contributed by atoms with Crippen molar-refractivity contribution in [2.24, 2.45) is 0 Å². The summed E-state index contributed by atoms with van der Waals surface area (Å²) in [5.74, 6) is 0.521. The van der Waals surface area contributed by atoms with E-state index in [1.807, 2.05) is 60.7 Å². The Hall–Kier alpha value is -3.05. The molecule has 1 heterocycles. The summed E-state index contributed by atoms with van der Waals surface area (Å²) in [4.78, 5) is 25.6. The second-order valence-electron chi connectivity index (χ2n) is 6.22. The lowest BCUT2D eigenvalue weighted by atomic mass is 10.0. The van der Waals surface area contributed by atoms with Crippen LogP contribution in [-0.2, 0) is 4.79 Å². The number of fused-ring (bicyclic) bond motifs is 1. The standard InChI is InChI=1S/C22H18N2O2S/c25-21-12-13-27-20-11-10-16(14-19(20)23-21)22(26)24-18-9-5-4-8-17(18)15-6-2-1-3-7-15/h1-11,14H,12-13H2,(H,23,25)(H,24,26). The van der Waals surface area contributed by atoms with Crippen molar-refractivity contribution >= 4 is 35.0 Å². The van der Waals surface area contributed by atoms with Gasteiger partial charge in [-0.05, 0) is 29.8 Å². The van der Waals surface area contributed by atoms with Crippen LogP contribution in [-0.4, -0.2) is 17.6 Å². The van der Waals surface area contributed by atoms with E-state index in [0.29, 0.717) is 17.7 Å². The first-order valence-electron chi connectivity index (χ1n) is 8.73. The first-order valence-corrected chi connectivity index (χ1v) is 9.72. The van der Waals surface area contributed by atoms with E-state index in [-0.39, 0.29) is 11.8 Å². The highest BCUT2D eigenvalue weighted by Gasteiger charge is 2.16. The molecule has 134 valence electrons. The minimum atomic E-state index is -0.204. The van der Waals surface area contributed by atoms with Crippen LogP contribution in [0.3, 0.4) is 0 Å². The fourth-order valence-electron chi connectivity index (χ4n) is 3.02. The van der Waals surface area contributed by atoms with Crippen LogP contribution in [0.5, 0.6) is 0 Å². The van der Waals surface area contributed by atoms with E-state index < -0.39 is 0 Å². The average Bonchev–Trinajstić information content (AvgIpc) is 2.89. The summed E-state index contributed by atoms with van der Waals surface area (Å²) >= 11 is 1.62. The maximum Gasteiger partial charge on any atom is 0.255 e. The fourth-order valence-corrected chi connectivity index (χ4v) is 3.95. The van der Waals surface area contributed by atoms with Crippen molar-refractivity contribution in [2.45, 2.75) is 11.3 Å². The Morgan fingerprint density at radius 1 is 0.963 bits per heavy atom. The van der Waals surface area contributed by atoms with Gasteiger partial charge in [-0.25, -0.2) is 0 Å². The molecule has 2 N–H and O–H groups in total. The first kappa shape index (κ1) is 17.4. The Morgan fingerprint density at radius 3 is 2.59 bits per heavy atom. The zero-order valence-corrected chi connectivity index (χ0v) is 15.4. The maximum atomic E-state index is 12.8. The second-order valence-corrected chi connectivity index (χ2v) is 7.36. The molecule has 0 saturated heterocycles. The van der Waals surface area contributed by atoms with E-state index in [0.717, 1.165) is 27.5 Å². The number of nitrogens with one attached hydrogen (secondary N) is 2. The van der Waals surface area contributed by atoms with Crippen molar-refractivity contribution in [1.29, 1.82) is 0 Å². The molecule has 0 bridgehead atoms. The fraction of sp³-hybridized carbons (Fsp3) is 0.0909. The Kier molecular flexibility index (Phi) is 4.94. The predicted octanol–water partition coefficient (Wildman–Crippen LogP) is 5.04. The molecule has 4 rings (SSSR count). The van der Waals surface area contributed by atoms with Crippen LogP contribution >= 0.6 is 11.8 Å². The zero-order chi connectivity index (χ0) is 18.6. The highest BCUT2D eigenvalue weighted by molar-refractivity contribution is 7.99. The second kappa shape index (κ2) is 7.68. The normalized spacial score (nSPS) is 13.3. The maximum absolute atomic E-state index is 12.8. The van der Waals surface area contributed by atoms with Gasteiger partial charge in [-0.3, -0.25) is 9.59 Å². The lowest BCUT2D eigenvalue weighted by molar-refractivity contribution is -0.115. The highest BCUT2D eigenvalue weighted by atomic mass is 32.2. The molecule has 1 aliphatic rings. The van der Waals surface area contributed by atoms with Crippen molar-refractivity contribution in [3.63, 3.8) is 0 Å². The van der Waals surface area contributed by atoms with Crippen molar-refractivity contribution in [2.75, 3.05) is 16.4 Å². The van der Waals surface area contributed by atoms with E-state index in [1.165, 1.54) is 0 Å². The van der Waals surface area contributed by atoms with Gasteiger partial charge in [0.1, 0.15) is 0 Å². The summed E-state index contributed by atoms with van der Waals surface area (Å²) in [5, 5.41) is 5.88. The van der Waals surface area contributed by atoms with Gasteiger partial charge in [-0.15, -0.1) is 11.8 Å². The van der Waals surface area contributed by atoms with Crippen molar-refractivity contribution in [1.82, 2.24) is 0 Å². The summed E-state index contributed by atoms with van der Waals surface area (Å²) in [6.07, 6.45) is 0.478. The lowest BCUT2D eigenvalue weighted by Crippen LogP contribution is -2.14. The van der Waals surface area contributed by atoms with Gasteiger partial charge in [0.05, 0.1) is 5.69 Å². The number of amides is 2. The van der Waals surface area contributed by atoms with Crippen LogP contribution in [0.4, 0.5) is 11.4 Å². The van der Waals surface area contributed by atoms with Gasteiger partial charge < -0.3 is 10.6 Å². The number of rotatable bonds is 3. The number of hydrogen-bond donors (Lipinski definition) is 2. The van der Waals surface area contributed by atoms with E-state index in [1.54, 1.807) is 23.9 Å². The van der Waals surface area contributed by atoms with E-state index in [4.69, 9.17) is 0 Å². The largest absolute Gasteiger partial charge is 0.325 e. The predicted molar refractivity (Wildman–Crippen MR) is 110 cm³/mol. The Bertz CT molecular complexity index is 1000. The summed E-state index contributed by atoms with van der Waals surface area (Å²) in [6.45, 7) is 0. The van der Waals surface area contributed by atoms with Crippen LogP contribution < -0.4 is 10.6 Å². The van der Waals surface area contributed by atoms with Gasteiger partial charge in [0, 0.05) is 33.9 Å². The smallest absolute Gasteiger partial charge is 0.255 e. The van der Waals surface area contributed by atoms with Crippen LogP contribution in [0.1, 0.15) is 16.8 Å². The molecule has 27 heavy (non-hydrogen) atoms. The average molecular weight is 374 g/mol. The molecule has 5 heteroatoms. The molecule has 0 saturated carbocycles. The van der Waals surface area contributed by atoms with E-state index in [9.17, 15) is 9.59 Å². The van der Waals surface area contributed by atoms with Crippen LogP contribution in [0.15, 0.2) is 77.7 Å². The number of thioether (sulfide) groups is 1. The molecule has 1 aliphatic heterocycles. The van der Waals surface area contributed by atoms with Gasteiger partial charge in [0.15, 0.2) is 0 Å². The zero-order valence-electron chi connectivity index (χ0n) is 14.6. The van der Waals surface area contributed by atoms with Crippen LogP contribution in [0, 0.1) is 0 Å². The molecule has 0 spiro atoms. The van der Waals surface area contributed by atoms with Gasteiger partial charge in [-0.2, -0.15) is 0 Å². The molecule has 3 aromatic rings. The molecule has 4 nitrogen and oxygen atoms in total. The third-order valence-electron chi connectivity index (χ3n) is 4.36. The number of carbonyl (C=O) groups is 2. The van der Waals surface area contributed by atoms with Crippen molar-refractivity contribution in [3.8, 4) is 11.1 Å². The number of carbonyl (C=O) groups excluding carboxylic acids is 2. The van der Waals surface area contributed by atoms with Gasteiger partial charge in [0.25, 0.3) is 5.91 Å². The Morgan fingerprint density at radius 2 is 1.74 bits per heavy atom. The summed E-state index contributed by atoms with van der Waals surface area (Å²) in [7, 11) is 0. The third kappa shape index (κ3) is 3.88. The van der Waals surface area contributed by atoms with E-state index >= 15 is 0 Å².